The number of rotatable bonds is 2. The topological polar surface area (TPSA) is 35.5 Å². The van der Waals surface area contributed by atoms with Gasteiger partial charge < -0.3 is 9.47 Å². The summed E-state index contributed by atoms with van der Waals surface area (Å²) in [5.41, 5.74) is 0. The summed E-state index contributed by atoms with van der Waals surface area (Å²) in [6, 6.07) is 0. The van der Waals surface area contributed by atoms with E-state index in [4.69, 9.17) is 9.47 Å². The molecule has 1 saturated heterocycles. The number of carbonyl (C=O) groups is 1. The normalized spacial score (nSPS) is 31.1. The van der Waals surface area contributed by atoms with Gasteiger partial charge in [-0.15, -0.1) is 0 Å². The van der Waals surface area contributed by atoms with Crippen LogP contribution in [0, 0.1) is 5.92 Å². The number of esters is 1. The predicted octanol–water partition coefficient (Wildman–Crippen LogP) is 1.32. The molecule has 3 nitrogen and oxygen atoms in total. The number of ether oxygens (including phenoxy) is 2. The maximum Gasteiger partial charge on any atom is 0.308 e. The standard InChI is InChI=1S/C8H14O3/c1-5(2)10-8-6(3)4-7(9)11-8/h5-6,8H,4H2,1-3H3/t6-,8?/m0/s1. The van der Waals surface area contributed by atoms with Crippen LogP contribution in [-0.2, 0) is 14.3 Å². The smallest absolute Gasteiger partial charge is 0.308 e. The zero-order chi connectivity index (χ0) is 8.43. The first-order valence-corrected chi connectivity index (χ1v) is 3.94. The average Bonchev–Trinajstić information content (AvgIpc) is 2.09. The van der Waals surface area contributed by atoms with E-state index in [1.807, 2.05) is 20.8 Å². The van der Waals surface area contributed by atoms with Gasteiger partial charge in [0, 0.05) is 5.92 Å². The van der Waals surface area contributed by atoms with Crippen molar-refractivity contribution in [3.63, 3.8) is 0 Å². The molecule has 0 N–H and O–H groups in total. The van der Waals surface area contributed by atoms with Crippen molar-refractivity contribution in [3.8, 4) is 0 Å². The molecule has 0 saturated carbocycles. The predicted molar refractivity (Wildman–Crippen MR) is 39.9 cm³/mol. The van der Waals surface area contributed by atoms with Crippen molar-refractivity contribution in [3.05, 3.63) is 0 Å². The molecular weight excluding hydrogens is 144 g/mol. The van der Waals surface area contributed by atoms with Gasteiger partial charge in [-0.1, -0.05) is 6.92 Å². The number of hydrogen-bond acceptors (Lipinski definition) is 3. The van der Waals surface area contributed by atoms with Crippen LogP contribution >= 0.6 is 0 Å². The van der Waals surface area contributed by atoms with Gasteiger partial charge in [0.1, 0.15) is 0 Å². The fraction of sp³-hybridized carbons (Fsp3) is 0.875. The third-order valence-corrected chi connectivity index (χ3v) is 1.61. The summed E-state index contributed by atoms with van der Waals surface area (Å²) in [4.78, 5) is 10.7. The van der Waals surface area contributed by atoms with E-state index in [1.165, 1.54) is 0 Å². The summed E-state index contributed by atoms with van der Waals surface area (Å²) in [6.07, 6.45) is 0.285. The quantitative estimate of drug-likeness (QED) is 0.568. The number of carbonyl (C=O) groups excluding carboxylic acids is 1. The molecule has 11 heavy (non-hydrogen) atoms. The van der Waals surface area contributed by atoms with Gasteiger partial charge in [0.2, 0.25) is 6.29 Å². The fourth-order valence-electron chi connectivity index (χ4n) is 1.08. The molecule has 1 heterocycles. The van der Waals surface area contributed by atoms with Crippen LogP contribution in [0.3, 0.4) is 0 Å². The molecular formula is C8H14O3. The van der Waals surface area contributed by atoms with Crippen LogP contribution in [-0.4, -0.2) is 18.4 Å². The van der Waals surface area contributed by atoms with Crippen molar-refractivity contribution in [2.45, 2.75) is 39.6 Å². The van der Waals surface area contributed by atoms with Gasteiger partial charge in [0.25, 0.3) is 0 Å². The molecule has 64 valence electrons. The first-order valence-electron chi connectivity index (χ1n) is 3.94. The van der Waals surface area contributed by atoms with Crippen molar-refractivity contribution >= 4 is 5.97 Å². The highest BCUT2D eigenvalue weighted by molar-refractivity contribution is 5.71. The Morgan fingerprint density at radius 1 is 1.64 bits per heavy atom. The molecule has 1 unspecified atom stereocenters. The Hall–Kier alpha value is -0.570. The van der Waals surface area contributed by atoms with E-state index in [-0.39, 0.29) is 24.3 Å². The second-order valence-electron chi connectivity index (χ2n) is 3.22. The SMILES string of the molecule is CC(C)OC1OC(=O)C[C@@H]1C. The molecule has 0 aromatic heterocycles. The Kier molecular flexibility index (Phi) is 2.49. The third-order valence-electron chi connectivity index (χ3n) is 1.61. The zero-order valence-corrected chi connectivity index (χ0v) is 7.16. The highest BCUT2D eigenvalue weighted by atomic mass is 16.7. The van der Waals surface area contributed by atoms with E-state index in [2.05, 4.69) is 0 Å². The van der Waals surface area contributed by atoms with E-state index < -0.39 is 0 Å². The van der Waals surface area contributed by atoms with Gasteiger partial charge >= 0.3 is 5.97 Å². The van der Waals surface area contributed by atoms with Crippen molar-refractivity contribution < 1.29 is 14.3 Å². The minimum Gasteiger partial charge on any atom is -0.435 e. The van der Waals surface area contributed by atoms with Crippen LogP contribution in [0.5, 0.6) is 0 Å². The van der Waals surface area contributed by atoms with Crippen LogP contribution in [0.2, 0.25) is 0 Å². The van der Waals surface area contributed by atoms with Gasteiger partial charge in [-0.05, 0) is 13.8 Å². The van der Waals surface area contributed by atoms with Crippen molar-refractivity contribution in [2.75, 3.05) is 0 Å². The summed E-state index contributed by atoms with van der Waals surface area (Å²) in [6.45, 7) is 5.82. The second-order valence-corrected chi connectivity index (χ2v) is 3.22. The zero-order valence-electron chi connectivity index (χ0n) is 7.16. The van der Waals surface area contributed by atoms with E-state index in [0.29, 0.717) is 6.42 Å². The van der Waals surface area contributed by atoms with Crippen LogP contribution < -0.4 is 0 Å². The lowest BCUT2D eigenvalue weighted by Gasteiger charge is -2.16. The van der Waals surface area contributed by atoms with Crippen LogP contribution in [0.15, 0.2) is 0 Å². The molecule has 1 aliphatic heterocycles. The Morgan fingerprint density at radius 2 is 2.27 bits per heavy atom. The highest BCUT2D eigenvalue weighted by Crippen LogP contribution is 2.23. The largest absolute Gasteiger partial charge is 0.435 e. The van der Waals surface area contributed by atoms with E-state index in [0.717, 1.165) is 0 Å². The van der Waals surface area contributed by atoms with Crippen molar-refractivity contribution in [1.82, 2.24) is 0 Å². The Morgan fingerprint density at radius 3 is 2.64 bits per heavy atom. The van der Waals surface area contributed by atoms with E-state index in [9.17, 15) is 4.79 Å². The molecule has 1 fully saturated rings. The third kappa shape index (κ3) is 2.19. The minimum atomic E-state index is -0.317. The summed E-state index contributed by atoms with van der Waals surface area (Å²) < 4.78 is 10.3. The molecule has 1 rings (SSSR count). The van der Waals surface area contributed by atoms with Gasteiger partial charge in [-0.25, -0.2) is 0 Å². The van der Waals surface area contributed by atoms with Gasteiger partial charge in [-0.3, -0.25) is 4.79 Å². The molecule has 0 radical (unpaired) electrons. The second kappa shape index (κ2) is 3.22. The minimum absolute atomic E-state index is 0.119. The molecule has 0 aromatic carbocycles. The van der Waals surface area contributed by atoms with Crippen LogP contribution in [0.25, 0.3) is 0 Å². The lowest BCUT2D eigenvalue weighted by Crippen LogP contribution is -2.21. The van der Waals surface area contributed by atoms with Gasteiger partial charge in [0.05, 0.1) is 12.5 Å². The van der Waals surface area contributed by atoms with Crippen LogP contribution in [0.1, 0.15) is 27.2 Å². The van der Waals surface area contributed by atoms with Gasteiger partial charge in [0.15, 0.2) is 0 Å². The Balaban J connectivity index is 2.40. The van der Waals surface area contributed by atoms with Gasteiger partial charge in [-0.2, -0.15) is 0 Å². The summed E-state index contributed by atoms with van der Waals surface area (Å²) in [5.74, 6) is 0.0491. The molecule has 0 amide bonds. The summed E-state index contributed by atoms with van der Waals surface area (Å²) in [5, 5.41) is 0. The Labute approximate surface area is 66.7 Å². The fourth-order valence-corrected chi connectivity index (χ4v) is 1.08. The lowest BCUT2D eigenvalue weighted by atomic mass is 10.1. The maximum atomic E-state index is 10.7. The van der Waals surface area contributed by atoms with Crippen molar-refractivity contribution in [1.29, 1.82) is 0 Å². The first-order chi connectivity index (χ1) is 5.09. The highest BCUT2D eigenvalue weighted by Gasteiger charge is 2.32. The summed E-state index contributed by atoms with van der Waals surface area (Å²) >= 11 is 0. The molecule has 0 bridgehead atoms. The number of hydrogen-bond donors (Lipinski definition) is 0. The van der Waals surface area contributed by atoms with E-state index >= 15 is 0 Å². The maximum absolute atomic E-state index is 10.7. The first kappa shape index (κ1) is 8.53. The summed E-state index contributed by atoms with van der Waals surface area (Å²) in [7, 11) is 0. The van der Waals surface area contributed by atoms with Crippen LogP contribution in [0.4, 0.5) is 0 Å². The molecule has 0 spiro atoms. The van der Waals surface area contributed by atoms with E-state index in [1.54, 1.807) is 0 Å². The molecule has 0 aromatic rings. The monoisotopic (exact) mass is 158 g/mol. The molecule has 0 aliphatic carbocycles. The van der Waals surface area contributed by atoms with Crippen molar-refractivity contribution in [2.24, 2.45) is 5.92 Å². The molecule has 2 atom stereocenters. The average molecular weight is 158 g/mol. The lowest BCUT2D eigenvalue weighted by molar-refractivity contribution is -0.174. The molecule has 1 aliphatic rings. The number of cyclic esters (lactones) is 1. The molecule has 3 heteroatoms. The Bertz CT molecular complexity index is 153.